The molecule has 0 radical (unpaired) electrons. The molecule has 0 bridgehead atoms. The van der Waals surface area contributed by atoms with Gasteiger partial charge in [-0.2, -0.15) is 8.78 Å². The number of nitrogens with zero attached hydrogens (tertiary/aromatic N) is 2. The monoisotopic (exact) mass is 399 g/mol. The molecule has 0 aliphatic rings. The summed E-state index contributed by atoms with van der Waals surface area (Å²) in [5.74, 6) is -3.07. The van der Waals surface area contributed by atoms with Crippen molar-refractivity contribution < 1.29 is 27.1 Å². The Morgan fingerprint density at radius 1 is 1.25 bits per heavy atom. The van der Waals surface area contributed by atoms with Gasteiger partial charge in [0, 0.05) is 17.2 Å². The molecular weight excluding hydrogens is 382 g/mol. The van der Waals surface area contributed by atoms with Crippen molar-refractivity contribution in [2.45, 2.75) is 38.9 Å². The SMILES string of the molecule is C[C@@H](CCCc1c(-c2ccc(F)cc2F)cc(C(N)=O)nc1N=O)OC(F)F. The van der Waals surface area contributed by atoms with E-state index >= 15 is 0 Å². The van der Waals surface area contributed by atoms with Crippen LogP contribution in [0.3, 0.4) is 0 Å². The maximum Gasteiger partial charge on any atom is 0.345 e. The number of pyridine rings is 1. The molecule has 1 aromatic heterocycles. The standard InChI is InChI=1S/C18H17F4N3O3/c1-9(28-18(21)22)3-2-4-12-13(11-6-5-10(19)7-14(11)20)8-15(16(23)26)24-17(12)25-27/h5-9,18H,2-4H2,1H3,(H2,23,26)/t9-/m0/s1. The Labute approximate surface area is 157 Å². The Morgan fingerprint density at radius 2 is 1.96 bits per heavy atom. The molecule has 0 fully saturated rings. The van der Waals surface area contributed by atoms with Gasteiger partial charge in [-0.1, -0.05) is 0 Å². The van der Waals surface area contributed by atoms with E-state index < -0.39 is 30.3 Å². The van der Waals surface area contributed by atoms with Crippen LogP contribution in [0.15, 0.2) is 29.4 Å². The van der Waals surface area contributed by atoms with E-state index in [1.807, 2.05) is 0 Å². The zero-order chi connectivity index (χ0) is 20.8. The first-order valence-corrected chi connectivity index (χ1v) is 8.29. The van der Waals surface area contributed by atoms with Crippen LogP contribution in [-0.4, -0.2) is 23.6 Å². The van der Waals surface area contributed by atoms with Crippen LogP contribution in [-0.2, 0) is 11.2 Å². The lowest BCUT2D eigenvalue weighted by Gasteiger charge is -2.15. The lowest BCUT2D eigenvalue weighted by molar-refractivity contribution is -0.159. The number of rotatable bonds is 9. The highest BCUT2D eigenvalue weighted by molar-refractivity contribution is 5.93. The predicted octanol–water partition coefficient (Wildman–Crippen LogP) is 4.47. The van der Waals surface area contributed by atoms with E-state index in [1.54, 1.807) is 0 Å². The maximum absolute atomic E-state index is 14.3. The second-order valence-corrected chi connectivity index (χ2v) is 6.04. The van der Waals surface area contributed by atoms with E-state index in [4.69, 9.17) is 5.73 Å². The summed E-state index contributed by atoms with van der Waals surface area (Å²) >= 11 is 0. The van der Waals surface area contributed by atoms with E-state index in [1.165, 1.54) is 13.0 Å². The van der Waals surface area contributed by atoms with Crippen molar-refractivity contribution in [1.29, 1.82) is 0 Å². The van der Waals surface area contributed by atoms with E-state index in [0.29, 0.717) is 6.07 Å². The summed E-state index contributed by atoms with van der Waals surface area (Å²) in [6, 6.07) is 3.99. The summed E-state index contributed by atoms with van der Waals surface area (Å²) in [7, 11) is 0. The second kappa shape index (κ2) is 9.36. The fraction of sp³-hybridized carbons (Fsp3) is 0.333. The van der Waals surface area contributed by atoms with Crippen LogP contribution < -0.4 is 5.73 Å². The third kappa shape index (κ3) is 5.32. The van der Waals surface area contributed by atoms with Gasteiger partial charge in [-0.05, 0) is 55.1 Å². The van der Waals surface area contributed by atoms with Crippen molar-refractivity contribution >= 4 is 11.7 Å². The third-order valence-corrected chi connectivity index (χ3v) is 4.04. The third-order valence-electron chi connectivity index (χ3n) is 4.04. The highest BCUT2D eigenvalue weighted by Crippen LogP contribution is 2.34. The Morgan fingerprint density at radius 3 is 2.54 bits per heavy atom. The largest absolute Gasteiger partial charge is 0.364 e. The molecule has 1 atom stereocenters. The molecule has 150 valence electrons. The number of ether oxygens (including phenoxy) is 1. The number of hydrogen-bond donors (Lipinski definition) is 1. The number of primary amides is 1. The summed E-state index contributed by atoms with van der Waals surface area (Å²) in [5, 5.41) is 2.78. The predicted molar refractivity (Wildman–Crippen MR) is 93.1 cm³/mol. The van der Waals surface area contributed by atoms with Crippen LogP contribution in [0.4, 0.5) is 23.4 Å². The molecule has 10 heteroatoms. The van der Waals surface area contributed by atoms with Gasteiger partial charge in [0.15, 0.2) is 0 Å². The first-order valence-electron chi connectivity index (χ1n) is 8.29. The fourth-order valence-electron chi connectivity index (χ4n) is 2.76. The van der Waals surface area contributed by atoms with E-state index in [-0.39, 0.29) is 47.5 Å². The smallest absolute Gasteiger partial charge is 0.345 e. The number of amides is 1. The molecule has 2 aromatic rings. The summed E-state index contributed by atoms with van der Waals surface area (Å²) in [4.78, 5) is 26.5. The van der Waals surface area contributed by atoms with Crippen LogP contribution in [0.25, 0.3) is 11.1 Å². The fourth-order valence-corrected chi connectivity index (χ4v) is 2.76. The second-order valence-electron chi connectivity index (χ2n) is 6.04. The van der Waals surface area contributed by atoms with Crippen molar-refractivity contribution in [1.82, 2.24) is 4.98 Å². The molecule has 1 amide bonds. The highest BCUT2D eigenvalue weighted by atomic mass is 19.3. The normalized spacial score (nSPS) is 12.2. The minimum Gasteiger partial charge on any atom is -0.364 e. The quantitative estimate of drug-likeness (QED) is 0.497. The summed E-state index contributed by atoms with van der Waals surface area (Å²) in [5.41, 5.74) is 5.09. The van der Waals surface area contributed by atoms with Gasteiger partial charge in [0.2, 0.25) is 5.82 Å². The van der Waals surface area contributed by atoms with Crippen LogP contribution in [0.1, 0.15) is 35.8 Å². The summed E-state index contributed by atoms with van der Waals surface area (Å²) in [6.45, 7) is -1.46. The van der Waals surface area contributed by atoms with Gasteiger partial charge in [-0.3, -0.25) is 4.79 Å². The number of aromatic nitrogens is 1. The molecule has 0 spiro atoms. The molecule has 0 unspecified atom stereocenters. The van der Waals surface area contributed by atoms with Gasteiger partial charge < -0.3 is 10.5 Å². The maximum atomic E-state index is 14.3. The number of carbonyl (C=O) groups excluding carboxylic acids is 1. The van der Waals surface area contributed by atoms with Gasteiger partial charge in [0.05, 0.1) is 6.10 Å². The number of halogens is 4. The molecule has 1 heterocycles. The van der Waals surface area contributed by atoms with Crippen molar-refractivity contribution in [3.05, 3.63) is 52.1 Å². The van der Waals surface area contributed by atoms with Crippen LogP contribution in [0, 0.1) is 16.5 Å². The van der Waals surface area contributed by atoms with Crippen molar-refractivity contribution in [3.8, 4) is 11.1 Å². The molecule has 28 heavy (non-hydrogen) atoms. The number of nitrogens with two attached hydrogens (primary N) is 1. The van der Waals surface area contributed by atoms with Gasteiger partial charge >= 0.3 is 6.61 Å². The average Bonchev–Trinajstić information content (AvgIpc) is 2.61. The van der Waals surface area contributed by atoms with Gasteiger partial charge in [0.1, 0.15) is 17.3 Å². The number of nitroso groups, excluding NO2 is 1. The van der Waals surface area contributed by atoms with Crippen LogP contribution in [0.2, 0.25) is 0 Å². The lowest BCUT2D eigenvalue weighted by Crippen LogP contribution is -2.15. The minimum atomic E-state index is -2.91. The van der Waals surface area contributed by atoms with Gasteiger partial charge in [-0.15, -0.1) is 4.91 Å². The minimum absolute atomic E-state index is 0.0805. The molecule has 2 rings (SSSR count). The van der Waals surface area contributed by atoms with E-state index in [0.717, 1.165) is 12.1 Å². The molecule has 2 N–H and O–H groups in total. The zero-order valence-electron chi connectivity index (χ0n) is 14.8. The number of benzene rings is 1. The van der Waals surface area contributed by atoms with Crippen LogP contribution in [0.5, 0.6) is 0 Å². The summed E-state index contributed by atoms with van der Waals surface area (Å²) < 4.78 is 56.3. The Bertz CT molecular complexity index is 877. The Kier molecular flexibility index (Phi) is 7.16. The lowest BCUT2D eigenvalue weighted by atomic mass is 9.95. The molecule has 0 aliphatic carbocycles. The molecule has 0 aliphatic heterocycles. The first kappa shape index (κ1) is 21.4. The zero-order valence-corrected chi connectivity index (χ0v) is 14.8. The Hall–Kier alpha value is -2.88. The van der Waals surface area contributed by atoms with Crippen molar-refractivity contribution in [2.24, 2.45) is 10.9 Å². The van der Waals surface area contributed by atoms with Gasteiger partial charge in [-0.25, -0.2) is 13.8 Å². The first-order chi connectivity index (χ1) is 13.2. The topological polar surface area (TPSA) is 94.6 Å². The number of hydrogen-bond acceptors (Lipinski definition) is 5. The molecule has 0 saturated heterocycles. The van der Waals surface area contributed by atoms with Gasteiger partial charge in [0.25, 0.3) is 5.91 Å². The van der Waals surface area contributed by atoms with Crippen LogP contribution >= 0.6 is 0 Å². The van der Waals surface area contributed by atoms with E-state index in [9.17, 15) is 27.3 Å². The number of alkyl halides is 2. The highest BCUT2D eigenvalue weighted by Gasteiger charge is 2.20. The molecule has 1 aromatic carbocycles. The molecule has 6 nitrogen and oxygen atoms in total. The number of carbonyl (C=O) groups is 1. The summed E-state index contributed by atoms with van der Waals surface area (Å²) in [6.07, 6.45) is -0.150. The van der Waals surface area contributed by atoms with E-state index in [2.05, 4.69) is 14.9 Å². The Balaban J connectivity index is 2.44. The molecular formula is C18H17F4N3O3. The van der Waals surface area contributed by atoms with Crippen molar-refractivity contribution in [2.75, 3.05) is 0 Å². The average molecular weight is 399 g/mol. The molecule has 0 saturated carbocycles. The van der Waals surface area contributed by atoms with Crippen molar-refractivity contribution in [3.63, 3.8) is 0 Å².